The Morgan fingerprint density at radius 3 is 2.85 bits per heavy atom. The summed E-state index contributed by atoms with van der Waals surface area (Å²) in [5, 5.41) is 2.08. The Labute approximate surface area is 125 Å². The van der Waals surface area contributed by atoms with Crippen LogP contribution in [0.4, 0.5) is 0 Å². The second-order valence-corrected chi connectivity index (χ2v) is 5.57. The van der Waals surface area contributed by atoms with Gasteiger partial charge in [-0.05, 0) is 13.0 Å². The molecule has 1 aromatic heterocycles. The highest BCUT2D eigenvalue weighted by Gasteiger charge is 2.14. The number of thiophene rings is 1. The highest BCUT2D eigenvalue weighted by atomic mass is 32.1. The molecule has 0 saturated carbocycles. The molecule has 0 aliphatic carbocycles. The highest BCUT2D eigenvalue weighted by molar-refractivity contribution is 7.10. The molecule has 20 heavy (non-hydrogen) atoms. The van der Waals surface area contributed by atoms with E-state index in [-0.39, 0.29) is 0 Å². The smallest absolute Gasteiger partial charge is 0.0615 e. The predicted octanol–water partition coefficient (Wildman–Crippen LogP) is 1.54. The molecule has 1 heterocycles. The topological polar surface area (TPSA) is 47.7 Å². The lowest BCUT2D eigenvalue weighted by molar-refractivity contribution is 0.0711. The first kappa shape index (κ1) is 17.2. The summed E-state index contributed by atoms with van der Waals surface area (Å²) in [4.78, 5) is 3.66. The molecule has 2 N–H and O–H groups in total. The molecule has 1 atom stereocenters. The van der Waals surface area contributed by atoms with Gasteiger partial charge in [0.1, 0.15) is 0 Å². The van der Waals surface area contributed by atoms with E-state index in [1.165, 1.54) is 4.88 Å². The monoisotopic (exact) mass is 296 g/mol. The molecule has 4 nitrogen and oxygen atoms in total. The Hall–Kier alpha value is -0.900. The van der Waals surface area contributed by atoms with Crippen LogP contribution in [0.3, 0.4) is 0 Å². The fourth-order valence-electron chi connectivity index (χ4n) is 1.89. The summed E-state index contributed by atoms with van der Waals surface area (Å²) in [7, 11) is 3.46. The fraction of sp³-hybridized carbons (Fsp3) is 0.600. The molecule has 0 aliphatic rings. The molecule has 0 radical (unpaired) electrons. The molecule has 0 fully saturated rings. The van der Waals surface area contributed by atoms with Crippen LogP contribution in [0, 0.1) is 11.8 Å². The van der Waals surface area contributed by atoms with E-state index < -0.39 is 0 Å². The molecular formula is C15H24N2O2S. The van der Waals surface area contributed by atoms with Gasteiger partial charge in [-0.2, -0.15) is 0 Å². The summed E-state index contributed by atoms with van der Waals surface area (Å²) in [6, 6.07) is 2.49. The van der Waals surface area contributed by atoms with Crippen molar-refractivity contribution < 1.29 is 9.47 Å². The van der Waals surface area contributed by atoms with E-state index in [2.05, 4.69) is 35.1 Å². The van der Waals surface area contributed by atoms with Crippen LogP contribution in [0.5, 0.6) is 0 Å². The predicted molar refractivity (Wildman–Crippen MR) is 83.9 cm³/mol. The Kier molecular flexibility index (Phi) is 8.51. The Balaban J connectivity index is 2.65. The first-order chi connectivity index (χ1) is 9.71. The molecule has 0 spiro atoms. The second kappa shape index (κ2) is 9.92. The van der Waals surface area contributed by atoms with E-state index in [0.29, 0.717) is 12.6 Å². The van der Waals surface area contributed by atoms with Crippen LogP contribution in [0.15, 0.2) is 11.4 Å². The van der Waals surface area contributed by atoms with E-state index in [1.54, 1.807) is 25.6 Å². The average molecular weight is 296 g/mol. The van der Waals surface area contributed by atoms with Gasteiger partial charge in [0, 0.05) is 49.2 Å². The zero-order chi connectivity index (χ0) is 14.8. The quantitative estimate of drug-likeness (QED) is 0.739. The molecular weight excluding hydrogens is 272 g/mol. The van der Waals surface area contributed by atoms with Gasteiger partial charge in [-0.3, -0.25) is 4.90 Å². The van der Waals surface area contributed by atoms with Crippen LogP contribution in [0.2, 0.25) is 0 Å². The van der Waals surface area contributed by atoms with Crippen molar-refractivity contribution in [2.24, 2.45) is 5.73 Å². The largest absolute Gasteiger partial charge is 0.383 e. The van der Waals surface area contributed by atoms with Gasteiger partial charge in [0.25, 0.3) is 0 Å². The molecule has 1 aromatic rings. The van der Waals surface area contributed by atoms with Crippen LogP contribution in [0.25, 0.3) is 0 Å². The maximum absolute atomic E-state index is 5.39. The lowest BCUT2D eigenvalue weighted by Crippen LogP contribution is -2.37. The van der Waals surface area contributed by atoms with Crippen LogP contribution in [-0.2, 0) is 16.0 Å². The number of ether oxygens (including phenoxy) is 2. The summed E-state index contributed by atoms with van der Waals surface area (Å²) in [6.45, 7) is 5.79. The normalized spacial score (nSPS) is 12.2. The number of hydrogen-bond donors (Lipinski definition) is 1. The number of methoxy groups -OCH3 is 2. The Morgan fingerprint density at radius 1 is 1.40 bits per heavy atom. The molecule has 1 rings (SSSR count). The lowest BCUT2D eigenvalue weighted by Gasteiger charge is -2.27. The van der Waals surface area contributed by atoms with Gasteiger partial charge in [0.05, 0.1) is 19.8 Å². The van der Waals surface area contributed by atoms with Gasteiger partial charge in [-0.15, -0.1) is 11.3 Å². The highest BCUT2D eigenvalue weighted by Crippen LogP contribution is 2.17. The van der Waals surface area contributed by atoms with Gasteiger partial charge in [0.2, 0.25) is 0 Å². The molecule has 112 valence electrons. The minimum absolute atomic E-state index is 0.357. The number of hydrogen-bond acceptors (Lipinski definition) is 5. The van der Waals surface area contributed by atoms with Crippen LogP contribution in [-0.4, -0.2) is 51.5 Å². The fourth-order valence-corrected chi connectivity index (χ4v) is 2.73. The number of nitrogens with zero attached hydrogens (tertiary/aromatic N) is 1. The zero-order valence-electron chi connectivity index (χ0n) is 12.5. The molecule has 5 heteroatoms. The molecule has 1 unspecified atom stereocenters. The molecule has 0 amide bonds. The number of rotatable bonds is 8. The first-order valence-electron chi connectivity index (χ1n) is 6.69. The summed E-state index contributed by atoms with van der Waals surface area (Å²) >= 11 is 1.73. The van der Waals surface area contributed by atoms with Crippen molar-refractivity contribution >= 4 is 11.3 Å². The molecule has 0 bridgehead atoms. The van der Waals surface area contributed by atoms with E-state index in [0.717, 1.165) is 31.9 Å². The van der Waals surface area contributed by atoms with Crippen LogP contribution < -0.4 is 5.73 Å². The third-order valence-electron chi connectivity index (χ3n) is 2.96. The van der Waals surface area contributed by atoms with Crippen LogP contribution >= 0.6 is 11.3 Å². The minimum atomic E-state index is 0.357. The van der Waals surface area contributed by atoms with Crippen molar-refractivity contribution in [3.63, 3.8) is 0 Å². The summed E-state index contributed by atoms with van der Waals surface area (Å²) in [5.74, 6) is 5.94. The Bertz CT molecular complexity index is 437. The number of nitrogens with two attached hydrogens (primary N) is 1. The average Bonchev–Trinajstić information content (AvgIpc) is 2.89. The van der Waals surface area contributed by atoms with Gasteiger partial charge in [-0.1, -0.05) is 11.8 Å². The van der Waals surface area contributed by atoms with Crippen molar-refractivity contribution in [2.75, 3.05) is 40.5 Å². The molecule has 0 saturated heterocycles. The van der Waals surface area contributed by atoms with Crippen molar-refractivity contribution in [3.8, 4) is 11.8 Å². The van der Waals surface area contributed by atoms with Crippen molar-refractivity contribution in [1.29, 1.82) is 0 Å². The SMILES string of the molecule is COCCN(Cc1cc(C#CCN)cs1)C(C)COC. The zero-order valence-corrected chi connectivity index (χ0v) is 13.3. The van der Waals surface area contributed by atoms with Gasteiger partial charge in [0.15, 0.2) is 0 Å². The molecule has 0 aromatic carbocycles. The van der Waals surface area contributed by atoms with Gasteiger partial charge < -0.3 is 15.2 Å². The van der Waals surface area contributed by atoms with E-state index in [1.807, 2.05) is 0 Å². The van der Waals surface area contributed by atoms with Gasteiger partial charge >= 0.3 is 0 Å². The van der Waals surface area contributed by atoms with E-state index >= 15 is 0 Å². The summed E-state index contributed by atoms with van der Waals surface area (Å²) in [5.41, 5.74) is 6.43. The summed E-state index contributed by atoms with van der Waals surface area (Å²) < 4.78 is 10.4. The minimum Gasteiger partial charge on any atom is -0.383 e. The maximum Gasteiger partial charge on any atom is 0.0615 e. The van der Waals surface area contributed by atoms with Gasteiger partial charge in [-0.25, -0.2) is 0 Å². The van der Waals surface area contributed by atoms with Crippen molar-refractivity contribution in [3.05, 3.63) is 21.9 Å². The third-order valence-corrected chi connectivity index (χ3v) is 3.88. The Morgan fingerprint density at radius 2 is 2.20 bits per heavy atom. The van der Waals surface area contributed by atoms with Crippen molar-refractivity contribution in [1.82, 2.24) is 4.90 Å². The van der Waals surface area contributed by atoms with Crippen LogP contribution in [0.1, 0.15) is 17.4 Å². The standard InChI is InChI=1S/C15H24N2O2S/c1-13(11-19-3)17(7-8-18-2)10-15-9-14(12-20-15)5-4-6-16/h9,12-13H,6-8,10-11,16H2,1-3H3. The van der Waals surface area contributed by atoms with E-state index in [9.17, 15) is 0 Å². The van der Waals surface area contributed by atoms with E-state index in [4.69, 9.17) is 15.2 Å². The summed E-state index contributed by atoms with van der Waals surface area (Å²) in [6.07, 6.45) is 0. The van der Waals surface area contributed by atoms with Crippen molar-refractivity contribution in [2.45, 2.75) is 19.5 Å². The first-order valence-corrected chi connectivity index (χ1v) is 7.57. The lowest BCUT2D eigenvalue weighted by atomic mass is 10.2. The second-order valence-electron chi connectivity index (χ2n) is 4.58. The maximum atomic E-state index is 5.39. The third kappa shape index (κ3) is 6.04. The molecule has 0 aliphatic heterocycles.